The van der Waals surface area contributed by atoms with Crippen LogP contribution in [-0.2, 0) is 9.53 Å². The van der Waals surface area contributed by atoms with Crippen LogP contribution in [0.5, 0.6) is 0 Å². The van der Waals surface area contributed by atoms with Crippen molar-refractivity contribution in [2.24, 2.45) is 11.7 Å². The lowest BCUT2D eigenvalue weighted by Crippen LogP contribution is -2.59. The molecule has 1 saturated heterocycles. The molecular weight excluding hydrogens is 220 g/mol. The van der Waals surface area contributed by atoms with Gasteiger partial charge in [-0.15, -0.1) is 0 Å². The van der Waals surface area contributed by atoms with E-state index >= 15 is 0 Å². The predicted molar refractivity (Wildman–Crippen MR) is 63.7 cm³/mol. The fourth-order valence-corrected chi connectivity index (χ4v) is 2.64. The molecule has 0 aromatic carbocycles. The maximum Gasteiger partial charge on any atom is 0.325 e. The molecule has 0 aromatic rings. The molecule has 1 aliphatic heterocycles. The minimum absolute atomic E-state index is 0.167. The quantitative estimate of drug-likeness (QED) is 0.724. The van der Waals surface area contributed by atoms with Crippen molar-refractivity contribution in [3.8, 4) is 0 Å². The molecule has 0 aromatic heterocycles. The van der Waals surface area contributed by atoms with Crippen LogP contribution >= 0.6 is 0 Å². The van der Waals surface area contributed by atoms with E-state index in [-0.39, 0.29) is 5.92 Å². The van der Waals surface area contributed by atoms with Crippen LogP contribution in [0.4, 0.5) is 0 Å². The summed E-state index contributed by atoms with van der Waals surface area (Å²) in [6.07, 6.45) is 4.17. The third-order valence-corrected chi connectivity index (χ3v) is 4.06. The number of carboxylic acid groups (broad SMARTS) is 1. The number of rotatable bonds is 5. The van der Waals surface area contributed by atoms with Crippen LogP contribution < -0.4 is 5.73 Å². The van der Waals surface area contributed by atoms with E-state index in [1.807, 2.05) is 0 Å². The number of hydrogen-bond acceptors (Lipinski definition) is 4. The highest BCUT2D eigenvalue weighted by Crippen LogP contribution is 2.39. The van der Waals surface area contributed by atoms with E-state index in [1.165, 1.54) is 0 Å². The molecular formula is C12H22N2O3. The van der Waals surface area contributed by atoms with Crippen molar-refractivity contribution in [2.75, 3.05) is 26.7 Å². The molecule has 1 saturated carbocycles. The Bertz CT molecular complexity index is 285. The predicted octanol–water partition coefficient (Wildman–Crippen LogP) is 0.289. The van der Waals surface area contributed by atoms with Crippen molar-refractivity contribution in [3.05, 3.63) is 0 Å². The molecule has 1 unspecified atom stereocenters. The van der Waals surface area contributed by atoms with Crippen LogP contribution in [0.3, 0.4) is 0 Å². The summed E-state index contributed by atoms with van der Waals surface area (Å²) in [5, 5.41) is 9.30. The normalized spacial score (nSPS) is 26.7. The van der Waals surface area contributed by atoms with E-state index in [4.69, 9.17) is 10.5 Å². The third kappa shape index (κ3) is 2.78. The van der Waals surface area contributed by atoms with Crippen molar-refractivity contribution < 1.29 is 14.6 Å². The molecule has 0 spiro atoms. The Kier molecular flexibility index (Phi) is 3.70. The van der Waals surface area contributed by atoms with Crippen molar-refractivity contribution in [3.63, 3.8) is 0 Å². The van der Waals surface area contributed by atoms with Gasteiger partial charge in [0.2, 0.25) is 0 Å². The summed E-state index contributed by atoms with van der Waals surface area (Å²) in [4.78, 5) is 13.5. The van der Waals surface area contributed by atoms with Gasteiger partial charge in [0.15, 0.2) is 0 Å². The molecule has 1 aliphatic carbocycles. The first-order valence-corrected chi connectivity index (χ1v) is 6.33. The average molecular weight is 242 g/mol. The second-order valence-corrected chi connectivity index (χ2v) is 5.33. The van der Waals surface area contributed by atoms with Gasteiger partial charge in [0.05, 0.1) is 6.10 Å². The summed E-state index contributed by atoms with van der Waals surface area (Å²) in [6, 6.07) is 0. The number of piperidine rings is 1. The first-order chi connectivity index (χ1) is 8.06. The molecule has 1 atom stereocenters. The highest BCUT2D eigenvalue weighted by Gasteiger charge is 2.49. The molecule has 5 heteroatoms. The Hall–Kier alpha value is -0.650. The summed E-state index contributed by atoms with van der Waals surface area (Å²) in [5.41, 5.74) is 5.03. The zero-order chi connectivity index (χ0) is 12.5. The fourth-order valence-electron chi connectivity index (χ4n) is 2.64. The van der Waals surface area contributed by atoms with Gasteiger partial charge >= 0.3 is 5.97 Å². The number of carboxylic acids is 1. The number of aliphatic carboxylic acids is 1. The monoisotopic (exact) mass is 242 g/mol. The Morgan fingerprint density at radius 2 is 2.00 bits per heavy atom. The van der Waals surface area contributed by atoms with Gasteiger partial charge < -0.3 is 20.5 Å². The molecule has 17 heavy (non-hydrogen) atoms. The molecule has 2 rings (SSSR count). The second kappa shape index (κ2) is 4.92. The van der Waals surface area contributed by atoms with Crippen molar-refractivity contribution >= 4 is 5.97 Å². The molecule has 0 bridgehead atoms. The van der Waals surface area contributed by atoms with E-state index < -0.39 is 11.5 Å². The minimum atomic E-state index is -1.04. The van der Waals surface area contributed by atoms with Crippen LogP contribution in [0.2, 0.25) is 0 Å². The standard InChI is InChI=1S/C12H22N2O3/c1-17-10-4-6-14(7-5-10)8-12(13,11(15)16)9-2-3-9/h9-10H,2-8,13H2,1H3,(H,15,16). The minimum Gasteiger partial charge on any atom is -0.480 e. The lowest BCUT2D eigenvalue weighted by atomic mass is 9.92. The summed E-state index contributed by atoms with van der Waals surface area (Å²) in [6.45, 7) is 2.25. The molecule has 98 valence electrons. The lowest BCUT2D eigenvalue weighted by molar-refractivity contribution is -0.145. The first-order valence-electron chi connectivity index (χ1n) is 6.33. The number of likely N-dealkylation sites (tertiary alicyclic amines) is 1. The number of nitrogens with two attached hydrogens (primary N) is 1. The molecule has 0 radical (unpaired) electrons. The topological polar surface area (TPSA) is 75.8 Å². The van der Waals surface area contributed by atoms with E-state index in [0.29, 0.717) is 12.6 Å². The maximum absolute atomic E-state index is 11.3. The highest BCUT2D eigenvalue weighted by molar-refractivity contribution is 5.79. The lowest BCUT2D eigenvalue weighted by Gasteiger charge is -2.36. The van der Waals surface area contributed by atoms with Crippen molar-refractivity contribution in [1.29, 1.82) is 0 Å². The zero-order valence-electron chi connectivity index (χ0n) is 10.4. The van der Waals surface area contributed by atoms with Crippen molar-refractivity contribution in [1.82, 2.24) is 4.90 Å². The molecule has 1 heterocycles. The van der Waals surface area contributed by atoms with Gasteiger partial charge in [-0.05, 0) is 31.6 Å². The number of nitrogens with zero attached hydrogens (tertiary/aromatic N) is 1. The van der Waals surface area contributed by atoms with E-state index in [9.17, 15) is 9.90 Å². The molecule has 5 nitrogen and oxygen atoms in total. The third-order valence-electron chi connectivity index (χ3n) is 4.06. The Labute approximate surface area is 102 Å². The number of methoxy groups -OCH3 is 1. The van der Waals surface area contributed by atoms with E-state index in [0.717, 1.165) is 38.8 Å². The second-order valence-electron chi connectivity index (χ2n) is 5.33. The Morgan fingerprint density at radius 3 is 2.41 bits per heavy atom. The summed E-state index contributed by atoms with van der Waals surface area (Å²) in [5.74, 6) is -0.686. The van der Waals surface area contributed by atoms with Crippen LogP contribution in [0.25, 0.3) is 0 Å². The summed E-state index contributed by atoms with van der Waals surface area (Å²) in [7, 11) is 1.73. The van der Waals surface area contributed by atoms with Crippen LogP contribution in [-0.4, -0.2) is 54.4 Å². The van der Waals surface area contributed by atoms with Crippen LogP contribution in [0.1, 0.15) is 25.7 Å². The SMILES string of the molecule is COC1CCN(CC(N)(C(=O)O)C2CC2)CC1. The molecule has 3 N–H and O–H groups in total. The zero-order valence-corrected chi connectivity index (χ0v) is 10.4. The molecule has 2 aliphatic rings. The Morgan fingerprint density at radius 1 is 1.41 bits per heavy atom. The molecule has 2 fully saturated rings. The largest absolute Gasteiger partial charge is 0.480 e. The average Bonchev–Trinajstić information content (AvgIpc) is 3.13. The van der Waals surface area contributed by atoms with Crippen LogP contribution in [0, 0.1) is 5.92 Å². The maximum atomic E-state index is 11.3. The van der Waals surface area contributed by atoms with Crippen LogP contribution in [0.15, 0.2) is 0 Å². The number of hydrogen-bond donors (Lipinski definition) is 2. The molecule has 0 amide bonds. The van der Waals surface area contributed by atoms with Gasteiger partial charge in [0.1, 0.15) is 5.54 Å². The van der Waals surface area contributed by atoms with Gasteiger partial charge in [0, 0.05) is 26.7 Å². The number of carbonyl (C=O) groups is 1. The van der Waals surface area contributed by atoms with Gasteiger partial charge in [0.25, 0.3) is 0 Å². The smallest absolute Gasteiger partial charge is 0.325 e. The van der Waals surface area contributed by atoms with Gasteiger partial charge in [-0.3, -0.25) is 4.79 Å². The van der Waals surface area contributed by atoms with E-state index in [1.54, 1.807) is 7.11 Å². The van der Waals surface area contributed by atoms with Gasteiger partial charge in [-0.1, -0.05) is 0 Å². The van der Waals surface area contributed by atoms with Crippen molar-refractivity contribution in [2.45, 2.75) is 37.3 Å². The Balaban J connectivity index is 1.89. The fraction of sp³-hybridized carbons (Fsp3) is 0.917. The van der Waals surface area contributed by atoms with E-state index in [2.05, 4.69) is 4.90 Å². The summed E-state index contributed by atoms with van der Waals surface area (Å²) >= 11 is 0. The number of ether oxygens (including phenoxy) is 1. The first kappa shape index (κ1) is 12.8. The van der Waals surface area contributed by atoms with Gasteiger partial charge in [-0.2, -0.15) is 0 Å². The summed E-state index contributed by atoms with van der Waals surface area (Å²) < 4.78 is 5.30. The highest BCUT2D eigenvalue weighted by atomic mass is 16.5. The van der Waals surface area contributed by atoms with Gasteiger partial charge in [-0.25, -0.2) is 0 Å².